The van der Waals surface area contributed by atoms with Gasteiger partial charge in [-0.05, 0) is 26.8 Å². The van der Waals surface area contributed by atoms with E-state index in [1.165, 1.54) is 19.1 Å². The van der Waals surface area contributed by atoms with Crippen molar-refractivity contribution in [2.45, 2.75) is 32.9 Å². The number of rotatable bonds is 3. The van der Waals surface area contributed by atoms with Crippen LogP contribution < -0.4 is 4.90 Å². The number of carbonyl (C=O) groups is 1. The van der Waals surface area contributed by atoms with Crippen LogP contribution in [0.3, 0.4) is 0 Å². The largest absolute Gasteiger partial charge is 0.375 e. The minimum atomic E-state index is -0.485. The number of anilines is 1. The Morgan fingerprint density at radius 2 is 2.15 bits per heavy atom. The Morgan fingerprint density at radius 1 is 1.45 bits per heavy atom. The molecular weight excluding hydrogens is 260 g/mol. The fourth-order valence-corrected chi connectivity index (χ4v) is 2.41. The highest BCUT2D eigenvalue weighted by molar-refractivity contribution is 6.00. The number of nitro benzene ring substituents is 1. The molecule has 0 N–H and O–H groups in total. The molecule has 2 unspecified atom stereocenters. The van der Waals surface area contributed by atoms with Crippen molar-refractivity contribution in [1.29, 1.82) is 0 Å². The van der Waals surface area contributed by atoms with Gasteiger partial charge in [0.25, 0.3) is 5.69 Å². The van der Waals surface area contributed by atoms with Crippen LogP contribution in [0.5, 0.6) is 0 Å². The minimum absolute atomic E-state index is 0.0621. The summed E-state index contributed by atoms with van der Waals surface area (Å²) >= 11 is 0. The summed E-state index contributed by atoms with van der Waals surface area (Å²) in [4.78, 5) is 24.2. The van der Waals surface area contributed by atoms with E-state index in [4.69, 9.17) is 4.74 Å². The van der Waals surface area contributed by atoms with Crippen molar-refractivity contribution in [3.05, 3.63) is 33.9 Å². The lowest BCUT2D eigenvalue weighted by Gasteiger charge is -2.39. The van der Waals surface area contributed by atoms with Gasteiger partial charge in [-0.3, -0.25) is 14.9 Å². The summed E-state index contributed by atoms with van der Waals surface area (Å²) < 4.78 is 5.57. The maximum absolute atomic E-state index is 11.8. The van der Waals surface area contributed by atoms with Crippen LogP contribution in [-0.4, -0.2) is 36.0 Å². The van der Waals surface area contributed by atoms with E-state index >= 15 is 0 Å². The van der Waals surface area contributed by atoms with Crippen LogP contribution in [0, 0.1) is 10.1 Å². The van der Waals surface area contributed by atoms with Gasteiger partial charge in [-0.15, -0.1) is 0 Å². The SMILES string of the molecule is CC(=O)c1cc([N+](=O)[O-])ccc1N1CC(C)OCC1C. The van der Waals surface area contributed by atoms with Crippen molar-refractivity contribution >= 4 is 17.2 Å². The van der Waals surface area contributed by atoms with Crippen LogP contribution in [0.15, 0.2) is 18.2 Å². The van der Waals surface area contributed by atoms with Gasteiger partial charge in [0.15, 0.2) is 5.78 Å². The van der Waals surface area contributed by atoms with E-state index in [2.05, 4.69) is 4.90 Å². The monoisotopic (exact) mass is 278 g/mol. The minimum Gasteiger partial charge on any atom is -0.375 e. The topological polar surface area (TPSA) is 72.7 Å². The molecule has 0 amide bonds. The summed E-state index contributed by atoms with van der Waals surface area (Å²) in [6.07, 6.45) is 0.0706. The zero-order valence-corrected chi connectivity index (χ0v) is 11.8. The molecule has 0 saturated carbocycles. The molecule has 1 saturated heterocycles. The first-order valence-corrected chi connectivity index (χ1v) is 6.57. The van der Waals surface area contributed by atoms with Gasteiger partial charge in [0.1, 0.15) is 0 Å². The number of hydrogen-bond donors (Lipinski definition) is 0. The molecule has 1 aromatic carbocycles. The van der Waals surface area contributed by atoms with Crippen molar-refractivity contribution in [2.24, 2.45) is 0 Å². The van der Waals surface area contributed by atoms with Gasteiger partial charge in [0.2, 0.25) is 0 Å². The lowest BCUT2D eigenvalue weighted by atomic mass is 10.0. The number of ether oxygens (including phenoxy) is 1. The van der Waals surface area contributed by atoms with Gasteiger partial charge in [-0.25, -0.2) is 0 Å². The number of nitrogens with zero attached hydrogens (tertiary/aromatic N) is 2. The molecule has 6 nitrogen and oxygen atoms in total. The predicted octanol–water partition coefficient (Wildman–Crippen LogP) is 2.41. The third-order valence-corrected chi connectivity index (χ3v) is 3.49. The number of nitro groups is 1. The summed E-state index contributed by atoms with van der Waals surface area (Å²) in [7, 11) is 0. The molecule has 1 aliphatic rings. The molecular formula is C14H18N2O4. The number of ketones is 1. The lowest BCUT2D eigenvalue weighted by molar-refractivity contribution is -0.384. The van der Waals surface area contributed by atoms with Crippen LogP contribution in [0.2, 0.25) is 0 Å². The van der Waals surface area contributed by atoms with Crippen LogP contribution in [0.4, 0.5) is 11.4 Å². The first kappa shape index (κ1) is 14.5. The summed E-state index contributed by atoms with van der Waals surface area (Å²) in [6, 6.07) is 4.58. The van der Waals surface area contributed by atoms with Gasteiger partial charge < -0.3 is 9.64 Å². The smallest absolute Gasteiger partial charge is 0.270 e. The Balaban J connectivity index is 2.44. The molecule has 1 aromatic rings. The standard InChI is InChI=1S/C14H18N2O4/c1-9-8-20-10(2)7-15(9)14-5-4-12(16(18)19)6-13(14)11(3)17/h4-6,9-10H,7-8H2,1-3H3. The number of morpholine rings is 1. The average molecular weight is 278 g/mol. The van der Waals surface area contributed by atoms with Gasteiger partial charge in [0.05, 0.1) is 17.6 Å². The van der Waals surface area contributed by atoms with E-state index in [0.29, 0.717) is 18.7 Å². The van der Waals surface area contributed by atoms with Crippen molar-refractivity contribution in [3.8, 4) is 0 Å². The van der Waals surface area contributed by atoms with Gasteiger partial charge in [-0.1, -0.05) is 0 Å². The third kappa shape index (κ3) is 2.80. The van der Waals surface area contributed by atoms with Crippen molar-refractivity contribution in [1.82, 2.24) is 0 Å². The predicted molar refractivity (Wildman–Crippen MR) is 75.3 cm³/mol. The maximum Gasteiger partial charge on any atom is 0.270 e. The van der Waals surface area contributed by atoms with Gasteiger partial charge in [0, 0.05) is 36.0 Å². The van der Waals surface area contributed by atoms with Gasteiger partial charge in [-0.2, -0.15) is 0 Å². The van der Waals surface area contributed by atoms with E-state index < -0.39 is 4.92 Å². The molecule has 1 aliphatic heterocycles. The Labute approximate surface area is 117 Å². The van der Waals surface area contributed by atoms with Crippen molar-refractivity contribution in [3.63, 3.8) is 0 Å². The quantitative estimate of drug-likeness (QED) is 0.482. The third-order valence-electron chi connectivity index (χ3n) is 3.49. The van der Waals surface area contributed by atoms with E-state index in [1.807, 2.05) is 13.8 Å². The van der Waals surface area contributed by atoms with E-state index in [-0.39, 0.29) is 23.6 Å². The fraction of sp³-hybridized carbons (Fsp3) is 0.500. The first-order chi connectivity index (χ1) is 9.40. The summed E-state index contributed by atoms with van der Waals surface area (Å²) in [5.41, 5.74) is 1.07. The molecule has 1 heterocycles. The Kier molecular flexibility index (Phi) is 4.04. The molecule has 108 valence electrons. The highest BCUT2D eigenvalue weighted by Gasteiger charge is 2.27. The van der Waals surface area contributed by atoms with E-state index in [9.17, 15) is 14.9 Å². The molecule has 0 radical (unpaired) electrons. The molecule has 0 aromatic heterocycles. The van der Waals surface area contributed by atoms with E-state index in [1.54, 1.807) is 6.07 Å². The summed E-state index contributed by atoms with van der Waals surface area (Å²) in [5, 5.41) is 10.8. The fourth-order valence-electron chi connectivity index (χ4n) is 2.41. The second-order valence-electron chi connectivity index (χ2n) is 5.16. The maximum atomic E-state index is 11.8. The Bertz CT molecular complexity index is 544. The second-order valence-corrected chi connectivity index (χ2v) is 5.16. The zero-order valence-electron chi connectivity index (χ0n) is 11.8. The van der Waals surface area contributed by atoms with Crippen LogP contribution in [0.1, 0.15) is 31.1 Å². The molecule has 6 heteroatoms. The highest BCUT2D eigenvalue weighted by Crippen LogP contribution is 2.29. The zero-order chi connectivity index (χ0) is 14.9. The average Bonchev–Trinajstić information content (AvgIpc) is 2.40. The van der Waals surface area contributed by atoms with Gasteiger partial charge >= 0.3 is 0 Å². The van der Waals surface area contributed by atoms with Crippen LogP contribution in [0.25, 0.3) is 0 Å². The lowest BCUT2D eigenvalue weighted by Crippen LogP contribution is -2.47. The number of Topliss-reactive ketones (excluding diaryl/α,β-unsaturated/α-hetero) is 1. The van der Waals surface area contributed by atoms with Crippen molar-refractivity contribution < 1.29 is 14.5 Å². The highest BCUT2D eigenvalue weighted by atomic mass is 16.6. The number of carbonyl (C=O) groups excluding carboxylic acids is 1. The number of non-ortho nitro benzene ring substituents is 1. The molecule has 0 aliphatic carbocycles. The molecule has 0 spiro atoms. The first-order valence-electron chi connectivity index (χ1n) is 6.57. The summed E-state index contributed by atoms with van der Waals surface area (Å²) in [6.45, 7) is 6.65. The summed E-state index contributed by atoms with van der Waals surface area (Å²) in [5.74, 6) is -0.171. The molecule has 0 bridgehead atoms. The molecule has 20 heavy (non-hydrogen) atoms. The molecule has 2 atom stereocenters. The second kappa shape index (κ2) is 5.58. The van der Waals surface area contributed by atoms with Crippen LogP contribution >= 0.6 is 0 Å². The molecule has 1 fully saturated rings. The van der Waals surface area contributed by atoms with Crippen molar-refractivity contribution in [2.75, 3.05) is 18.1 Å². The molecule has 2 rings (SSSR count). The Morgan fingerprint density at radius 3 is 2.75 bits per heavy atom. The number of hydrogen-bond acceptors (Lipinski definition) is 5. The number of benzene rings is 1. The normalized spacial score (nSPS) is 22.6. The van der Waals surface area contributed by atoms with Crippen LogP contribution in [-0.2, 0) is 4.74 Å². The van der Waals surface area contributed by atoms with E-state index in [0.717, 1.165) is 5.69 Å². The Hall–Kier alpha value is -1.95.